The smallest absolute Gasteiger partial charge is 0.328 e. The molecule has 0 saturated carbocycles. The quantitative estimate of drug-likeness (QED) is 0.842. The fourth-order valence-corrected chi connectivity index (χ4v) is 1.59. The number of ether oxygens (including phenoxy) is 1. The molecule has 20 heavy (non-hydrogen) atoms. The minimum absolute atomic E-state index is 0.232. The largest absolute Gasteiger partial charge is 0.485 e. The SMILES string of the molecule is Cc1ccc(OCc2cc(C)on2)c(C=CC(=O)O)n1. The van der Waals surface area contributed by atoms with Gasteiger partial charge in [-0.15, -0.1) is 0 Å². The Morgan fingerprint density at radius 2 is 2.25 bits per heavy atom. The Bertz CT molecular complexity index is 646. The van der Waals surface area contributed by atoms with Crippen LogP contribution in [-0.4, -0.2) is 21.2 Å². The van der Waals surface area contributed by atoms with Crippen LogP contribution < -0.4 is 4.74 Å². The molecule has 1 N–H and O–H groups in total. The number of aliphatic carboxylic acids is 1. The standard InChI is InChI=1S/C14H14N2O4/c1-9-3-5-13(12(15-9)4-6-14(17)18)19-8-11-7-10(2)20-16-11/h3-7H,8H2,1-2H3,(H,17,18). The van der Waals surface area contributed by atoms with Crippen molar-refractivity contribution >= 4 is 12.0 Å². The van der Waals surface area contributed by atoms with E-state index in [2.05, 4.69) is 10.1 Å². The highest BCUT2D eigenvalue weighted by atomic mass is 16.5. The van der Waals surface area contributed by atoms with E-state index in [1.54, 1.807) is 25.1 Å². The van der Waals surface area contributed by atoms with Gasteiger partial charge in [0.1, 0.15) is 29.5 Å². The number of aromatic nitrogens is 2. The third-order valence-electron chi connectivity index (χ3n) is 2.46. The van der Waals surface area contributed by atoms with Crippen molar-refractivity contribution < 1.29 is 19.2 Å². The Balaban J connectivity index is 2.15. The zero-order valence-corrected chi connectivity index (χ0v) is 11.2. The fourth-order valence-electron chi connectivity index (χ4n) is 1.59. The van der Waals surface area contributed by atoms with Crippen molar-refractivity contribution in [1.29, 1.82) is 0 Å². The van der Waals surface area contributed by atoms with Crippen LogP contribution in [0.1, 0.15) is 22.8 Å². The first-order valence-corrected chi connectivity index (χ1v) is 5.98. The van der Waals surface area contributed by atoms with Crippen LogP contribution in [0, 0.1) is 13.8 Å². The molecule has 0 aliphatic rings. The molecule has 0 radical (unpaired) electrons. The van der Waals surface area contributed by atoms with Gasteiger partial charge in [-0.1, -0.05) is 5.16 Å². The Morgan fingerprint density at radius 3 is 2.90 bits per heavy atom. The van der Waals surface area contributed by atoms with E-state index in [-0.39, 0.29) is 6.61 Å². The zero-order chi connectivity index (χ0) is 14.5. The van der Waals surface area contributed by atoms with Crippen molar-refractivity contribution in [3.05, 3.63) is 47.1 Å². The van der Waals surface area contributed by atoms with Gasteiger partial charge in [-0.25, -0.2) is 9.78 Å². The van der Waals surface area contributed by atoms with Gasteiger partial charge in [-0.05, 0) is 32.1 Å². The fraction of sp³-hybridized carbons (Fsp3) is 0.214. The molecule has 0 aliphatic heterocycles. The third-order valence-corrected chi connectivity index (χ3v) is 2.46. The number of rotatable bonds is 5. The summed E-state index contributed by atoms with van der Waals surface area (Å²) in [4.78, 5) is 14.8. The molecule has 6 nitrogen and oxygen atoms in total. The molecule has 0 saturated heterocycles. The van der Waals surface area contributed by atoms with E-state index >= 15 is 0 Å². The summed E-state index contributed by atoms with van der Waals surface area (Å²) in [5.74, 6) is 0.164. The van der Waals surface area contributed by atoms with Crippen molar-refractivity contribution in [2.75, 3.05) is 0 Å². The highest BCUT2D eigenvalue weighted by Crippen LogP contribution is 2.20. The first-order chi connectivity index (χ1) is 9.54. The molecular weight excluding hydrogens is 260 g/mol. The van der Waals surface area contributed by atoms with Crippen LogP contribution in [0.2, 0.25) is 0 Å². The molecule has 0 bridgehead atoms. The molecule has 104 valence electrons. The summed E-state index contributed by atoms with van der Waals surface area (Å²) < 4.78 is 10.5. The number of aryl methyl sites for hydroxylation is 2. The van der Waals surface area contributed by atoms with Crippen LogP contribution in [0.5, 0.6) is 5.75 Å². The lowest BCUT2D eigenvalue weighted by Gasteiger charge is -2.07. The summed E-state index contributed by atoms with van der Waals surface area (Å²) >= 11 is 0. The average Bonchev–Trinajstić information content (AvgIpc) is 2.81. The second-order valence-electron chi connectivity index (χ2n) is 4.23. The van der Waals surface area contributed by atoms with E-state index in [0.29, 0.717) is 22.9 Å². The van der Waals surface area contributed by atoms with Crippen LogP contribution in [-0.2, 0) is 11.4 Å². The normalized spacial score (nSPS) is 10.9. The highest BCUT2D eigenvalue weighted by molar-refractivity contribution is 5.85. The number of hydrogen-bond donors (Lipinski definition) is 1. The topological polar surface area (TPSA) is 85.5 Å². The maximum Gasteiger partial charge on any atom is 0.328 e. The Kier molecular flexibility index (Phi) is 4.14. The van der Waals surface area contributed by atoms with Gasteiger partial charge in [0, 0.05) is 17.8 Å². The van der Waals surface area contributed by atoms with Crippen molar-refractivity contribution in [3.8, 4) is 5.75 Å². The molecule has 0 unspecified atom stereocenters. The van der Waals surface area contributed by atoms with E-state index < -0.39 is 5.97 Å². The van der Waals surface area contributed by atoms with E-state index in [1.807, 2.05) is 6.92 Å². The maximum absolute atomic E-state index is 10.6. The summed E-state index contributed by atoms with van der Waals surface area (Å²) in [7, 11) is 0. The van der Waals surface area contributed by atoms with Gasteiger partial charge in [0.15, 0.2) is 0 Å². The lowest BCUT2D eigenvalue weighted by atomic mass is 10.2. The maximum atomic E-state index is 10.6. The molecule has 2 aromatic rings. The van der Waals surface area contributed by atoms with Gasteiger partial charge in [0.05, 0.1) is 0 Å². The van der Waals surface area contributed by atoms with Crippen LogP contribution in [0.3, 0.4) is 0 Å². The summed E-state index contributed by atoms with van der Waals surface area (Å²) in [5.41, 5.74) is 1.91. The minimum Gasteiger partial charge on any atom is -0.485 e. The van der Waals surface area contributed by atoms with E-state index in [9.17, 15) is 4.79 Å². The van der Waals surface area contributed by atoms with Crippen LogP contribution in [0.15, 0.2) is 28.8 Å². The number of carbonyl (C=O) groups is 1. The molecule has 0 atom stereocenters. The third kappa shape index (κ3) is 3.68. The van der Waals surface area contributed by atoms with Gasteiger partial charge in [0.25, 0.3) is 0 Å². The van der Waals surface area contributed by atoms with Crippen LogP contribution in [0.4, 0.5) is 0 Å². The van der Waals surface area contributed by atoms with Gasteiger partial charge in [0.2, 0.25) is 0 Å². The second kappa shape index (κ2) is 6.01. The molecule has 0 fully saturated rings. The molecule has 2 heterocycles. The molecule has 0 aromatic carbocycles. The number of hydrogen-bond acceptors (Lipinski definition) is 5. The molecule has 2 aromatic heterocycles. The predicted octanol–water partition coefficient (Wildman–Crippen LogP) is 2.36. The van der Waals surface area contributed by atoms with E-state index in [4.69, 9.17) is 14.4 Å². The lowest BCUT2D eigenvalue weighted by Crippen LogP contribution is -1.99. The van der Waals surface area contributed by atoms with Gasteiger partial charge in [-0.2, -0.15) is 0 Å². The Hall–Kier alpha value is -2.63. The van der Waals surface area contributed by atoms with E-state index in [1.165, 1.54) is 6.08 Å². The number of carboxylic acids is 1. The lowest BCUT2D eigenvalue weighted by molar-refractivity contribution is -0.131. The zero-order valence-electron chi connectivity index (χ0n) is 11.2. The number of carboxylic acid groups (broad SMARTS) is 1. The summed E-state index contributed by atoms with van der Waals surface area (Å²) in [6, 6.07) is 5.31. The number of pyridine rings is 1. The molecule has 0 spiro atoms. The van der Waals surface area contributed by atoms with Gasteiger partial charge >= 0.3 is 5.97 Å². The molecule has 6 heteroatoms. The molecule has 0 amide bonds. The minimum atomic E-state index is -1.04. The van der Waals surface area contributed by atoms with Gasteiger partial charge in [-0.3, -0.25) is 0 Å². The second-order valence-corrected chi connectivity index (χ2v) is 4.23. The van der Waals surface area contributed by atoms with Crippen LogP contribution in [0.25, 0.3) is 6.08 Å². The van der Waals surface area contributed by atoms with Gasteiger partial charge < -0.3 is 14.4 Å². The Morgan fingerprint density at radius 1 is 1.45 bits per heavy atom. The first kappa shape index (κ1) is 13.8. The predicted molar refractivity (Wildman–Crippen MR) is 71.2 cm³/mol. The Labute approximate surface area is 115 Å². The summed E-state index contributed by atoms with van der Waals surface area (Å²) in [5, 5.41) is 12.5. The average molecular weight is 274 g/mol. The molecular formula is C14H14N2O4. The number of nitrogens with zero attached hydrogens (tertiary/aromatic N) is 2. The van der Waals surface area contributed by atoms with Crippen molar-refractivity contribution in [1.82, 2.24) is 10.1 Å². The van der Waals surface area contributed by atoms with Crippen molar-refractivity contribution in [2.24, 2.45) is 0 Å². The summed E-state index contributed by atoms with van der Waals surface area (Å²) in [6.45, 7) is 3.85. The highest BCUT2D eigenvalue weighted by Gasteiger charge is 2.06. The molecule has 0 aliphatic carbocycles. The monoisotopic (exact) mass is 274 g/mol. The molecule has 2 rings (SSSR count). The van der Waals surface area contributed by atoms with E-state index in [0.717, 1.165) is 11.8 Å². The van der Waals surface area contributed by atoms with Crippen LogP contribution >= 0.6 is 0 Å². The first-order valence-electron chi connectivity index (χ1n) is 5.98. The summed E-state index contributed by atoms with van der Waals surface area (Å²) in [6.07, 6.45) is 2.42. The van der Waals surface area contributed by atoms with Crippen molar-refractivity contribution in [2.45, 2.75) is 20.5 Å². The van der Waals surface area contributed by atoms with Crippen molar-refractivity contribution in [3.63, 3.8) is 0 Å².